The van der Waals surface area contributed by atoms with E-state index >= 15 is 0 Å². The lowest BCUT2D eigenvalue weighted by atomic mass is 9.97. The quantitative estimate of drug-likeness (QED) is 0.913. The number of carbonyl (C=O) groups excluding carboxylic acids is 1. The topological polar surface area (TPSA) is 54.5 Å². The van der Waals surface area contributed by atoms with Crippen molar-refractivity contribution in [3.63, 3.8) is 0 Å². The van der Waals surface area contributed by atoms with Crippen molar-refractivity contribution in [2.24, 2.45) is 5.92 Å². The van der Waals surface area contributed by atoms with E-state index in [0.717, 1.165) is 43.8 Å². The molecule has 114 valence electrons. The molecule has 3 rings (SSSR count). The molecule has 0 aliphatic carbocycles. The highest BCUT2D eigenvalue weighted by atomic mass is 16.5. The molecular weight excluding hydrogens is 266 g/mol. The molecule has 0 radical (unpaired) electrons. The molecule has 1 unspecified atom stereocenters. The summed E-state index contributed by atoms with van der Waals surface area (Å²) in [5.41, 5.74) is 0.981. The highest BCUT2D eigenvalue weighted by Gasteiger charge is 2.35. The van der Waals surface area contributed by atoms with Gasteiger partial charge >= 0.3 is 0 Å². The third kappa shape index (κ3) is 3.53. The first-order valence-corrected chi connectivity index (χ1v) is 7.81. The third-order valence-corrected chi connectivity index (χ3v) is 4.27. The molecule has 5 heteroatoms. The molecule has 0 saturated carbocycles. The average Bonchev–Trinajstić information content (AvgIpc) is 2.73. The highest BCUT2D eigenvalue weighted by molar-refractivity contribution is 5.79. The van der Waals surface area contributed by atoms with Crippen LogP contribution in [0.4, 0.5) is 0 Å². The fourth-order valence-electron chi connectivity index (χ4n) is 2.93. The lowest BCUT2D eigenvalue weighted by Crippen LogP contribution is -2.57. The molecule has 0 aromatic carbocycles. The number of aromatic nitrogens is 1. The van der Waals surface area contributed by atoms with Crippen LogP contribution in [0.1, 0.15) is 25.0 Å². The molecule has 5 nitrogen and oxygen atoms in total. The first kappa shape index (κ1) is 14.3. The fourth-order valence-corrected chi connectivity index (χ4v) is 2.93. The number of likely N-dealkylation sites (tertiary alicyclic amines) is 1. The molecule has 2 aliphatic rings. The second-order valence-corrected chi connectivity index (χ2v) is 6.00. The molecule has 3 heterocycles. The largest absolute Gasteiger partial charge is 0.485 e. The number of hydrogen-bond donors (Lipinski definition) is 1. The Morgan fingerprint density at radius 2 is 2.19 bits per heavy atom. The summed E-state index contributed by atoms with van der Waals surface area (Å²) in [4.78, 5) is 18.6. The Labute approximate surface area is 125 Å². The van der Waals surface area contributed by atoms with Gasteiger partial charge in [-0.2, -0.15) is 0 Å². The number of hydrogen-bond acceptors (Lipinski definition) is 4. The lowest BCUT2D eigenvalue weighted by molar-refractivity contribution is -0.144. The van der Waals surface area contributed by atoms with Gasteiger partial charge < -0.3 is 15.0 Å². The number of rotatable bonds is 3. The van der Waals surface area contributed by atoms with Crippen molar-refractivity contribution < 1.29 is 9.53 Å². The molecule has 2 aliphatic heterocycles. The summed E-state index contributed by atoms with van der Waals surface area (Å²) < 4.78 is 5.83. The van der Waals surface area contributed by atoms with Crippen molar-refractivity contribution in [2.45, 2.75) is 32.3 Å². The maximum absolute atomic E-state index is 12.4. The van der Waals surface area contributed by atoms with Crippen LogP contribution >= 0.6 is 0 Å². The summed E-state index contributed by atoms with van der Waals surface area (Å²) in [6.07, 6.45) is 4.93. The minimum atomic E-state index is 0.113. The Bertz CT molecular complexity index is 475. The van der Waals surface area contributed by atoms with Gasteiger partial charge in [-0.15, -0.1) is 0 Å². The van der Waals surface area contributed by atoms with Crippen molar-refractivity contribution in [2.75, 3.05) is 26.2 Å². The van der Waals surface area contributed by atoms with Crippen LogP contribution < -0.4 is 10.1 Å². The van der Waals surface area contributed by atoms with Gasteiger partial charge in [0.1, 0.15) is 11.9 Å². The van der Waals surface area contributed by atoms with Crippen LogP contribution in [0, 0.1) is 12.8 Å². The van der Waals surface area contributed by atoms with Crippen molar-refractivity contribution in [3.05, 3.63) is 24.0 Å². The number of nitrogens with one attached hydrogen (secondary N) is 1. The van der Waals surface area contributed by atoms with Crippen LogP contribution in [0.15, 0.2) is 18.3 Å². The third-order valence-electron chi connectivity index (χ3n) is 4.27. The molecule has 1 atom stereocenters. The summed E-state index contributed by atoms with van der Waals surface area (Å²) in [7, 11) is 0. The molecule has 21 heavy (non-hydrogen) atoms. The molecule has 0 bridgehead atoms. The predicted octanol–water partition coefficient (Wildman–Crippen LogP) is 1.37. The number of ether oxygens (including phenoxy) is 1. The minimum Gasteiger partial charge on any atom is -0.485 e. The summed E-state index contributed by atoms with van der Waals surface area (Å²) >= 11 is 0. The zero-order valence-electron chi connectivity index (χ0n) is 12.5. The van der Waals surface area contributed by atoms with Crippen LogP contribution in [0.25, 0.3) is 0 Å². The minimum absolute atomic E-state index is 0.113. The highest BCUT2D eigenvalue weighted by Crippen LogP contribution is 2.23. The standard InChI is InChI=1S/C16H23N3O2/c1-12-4-5-14(9-18-12)21-15-10-19(11-15)16(20)13-3-2-7-17-8-6-13/h4-5,9,13,15,17H,2-3,6-8,10-11H2,1H3. The van der Waals surface area contributed by atoms with Crippen LogP contribution in [0.5, 0.6) is 5.75 Å². The summed E-state index contributed by atoms with van der Waals surface area (Å²) in [6, 6.07) is 3.87. The maximum atomic E-state index is 12.4. The van der Waals surface area contributed by atoms with Crippen LogP contribution in [0.2, 0.25) is 0 Å². The first-order valence-electron chi connectivity index (χ1n) is 7.81. The average molecular weight is 289 g/mol. The van der Waals surface area contributed by atoms with Crippen molar-refractivity contribution in [1.29, 1.82) is 0 Å². The molecule has 0 spiro atoms. The number of nitrogens with zero attached hydrogens (tertiary/aromatic N) is 2. The second-order valence-electron chi connectivity index (χ2n) is 6.00. The predicted molar refractivity (Wildman–Crippen MR) is 80.2 cm³/mol. The van der Waals surface area contributed by atoms with E-state index in [2.05, 4.69) is 10.3 Å². The molecule has 1 aromatic rings. The molecule has 2 fully saturated rings. The van der Waals surface area contributed by atoms with E-state index in [1.165, 1.54) is 0 Å². The number of amides is 1. The molecular formula is C16H23N3O2. The van der Waals surface area contributed by atoms with Gasteiger partial charge in [0.05, 0.1) is 19.3 Å². The van der Waals surface area contributed by atoms with Gasteiger partial charge in [-0.1, -0.05) is 0 Å². The Hall–Kier alpha value is -1.62. The van der Waals surface area contributed by atoms with Crippen LogP contribution in [-0.4, -0.2) is 48.1 Å². The zero-order chi connectivity index (χ0) is 14.7. The Kier molecular flexibility index (Phi) is 4.39. The van der Waals surface area contributed by atoms with Gasteiger partial charge in [-0.05, 0) is 51.4 Å². The van der Waals surface area contributed by atoms with Crippen molar-refractivity contribution in [1.82, 2.24) is 15.2 Å². The van der Waals surface area contributed by atoms with Crippen LogP contribution in [0.3, 0.4) is 0 Å². The summed E-state index contributed by atoms with van der Waals surface area (Å²) in [5.74, 6) is 1.29. The van der Waals surface area contributed by atoms with E-state index in [1.54, 1.807) is 6.20 Å². The molecule has 1 aromatic heterocycles. The summed E-state index contributed by atoms with van der Waals surface area (Å²) in [6.45, 7) is 5.36. The molecule has 1 N–H and O–H groups in total. The van der Waals surface area contributed by atoms with Crippen LogP contribution in [-0.2, 0) is 4.79 Å². The maximum Gasteiger partial charge on any atom is 0.225 e. The smallest absolute Gasteiger partial charge is 0.225 e. The summed E-state index contributed by atoms with van der Waals surface area (Å²) in [5, 5.41) is 3.35. The Morgan fingerprint density at radius 3 is 2.95 bits per heavy atom. The van der Waals surface area contributed by atoms with E-state index in [-0.39, 0.29) is 12.0 Å². The normalized spacial score (nSPS) is 23.3. The van der Waals surface area contributed by atoms with E-state index in [4.69, 9.17) is 4.74 Å². The molecule has 1 amide bonds. The van der Waals surface area contributed by atoms with E-state index < -0.39 is 0 Å². The lowest BCUT2D eigenvalue weighted by Gasteiger charge is -2.40. The number of carbonyl (C=O) groups is 1. The SMILES string of the molecule is Cc1ccc(OC2CN(C(=O)C3CCCNCC3)C2)cn1. The van der Waals surface area contributed by atoms with Gasteiger partial charge in [-0.25, -0.2) is 0 Å². The molecule has 2 saturated heterocycles. The van der Waals surface area contributed by atoms with Gasteiger partial charge in [0, 0.05) is 11.6 Å². The second kappa shape index (κ2) is 6.43. The van der Waals surface area contributed by atoms with E-state index in [1.807, 2.05) is 24.0 Å². The Morgan fingerprint density at radius 1 is 1.33 bits per heavy atom. The monoisotopic (exact) mass is 289 g/mol. The van der Waals surface area contributed by atoms with E-state index in [0.29, 0.717) is 19.0 Å². The Balaban J connectivity index is 1.46. The number of pyridine rings is 1. The number of aryl methyl sites for hydroxylation is 1. The van der Waals surface area contributed by atoms with Gasteiger partial charge in [0.15, 0.2) is 0 Å². The van der Waals surface area contributed by atoms with Gasteiger partial charge in [0.25, 0.3) is 0 Å². The first-order chi connectivity index (χ1) is 10.2. The van der Waals surface area contributed by atoms with E-state index in [9.17, 15) is 4.79 Å². The zero-order valence-corrected chi connectivity index (χ0v) is 12.5. The van der Waals surface area contributed by atoms with Gasteiger partial charge in [-0.3, -0.25) is 9.78 Å². The van der Waals surface area contributed by atoms with Crippen molar-refractivity contribution >= 4 is 5.91 Å². The fraction of sp³-hybridized carbons (Fsp3) is 0.625. The van der Waals surface area contributed by atoms with Gasteiger partial charge in [0.2, 0.25) is 5.91 Å². The van der Waals surface area contributed by atoms with Crippen molar-refractivity contribution in [3.8, 4) is 5.75 Å².